The van der Waals surface area contributed by atoms with E-state index in [9.17, 15) is 9.59 Å². The van der Waals surface area contributed by atoms with Crippen molar-refractivity contribution in [2.75, 3.05) is 21.1 Å². The highest BCUT2D eigenvalue weighted by atomic mass is 79.9. The van der Waals surface area contributed by atoms with Crippen molar-refractivity contribution in [3.05, 3.63) is 32.7 Å². The number of nitrogens with zero attached hydrogens (tertiary/aromatic N) is 2. The van der Waals surface area contributed by atoms with Crippen LogP contribution >= 0.6 is 31.9 Å². The van der Waals surface area contributed by atoms with Gasteiger partial charge in [0.05, 0.1) is 6.42 Å². The number of hydrogen-bond donors (Lipinski definition) is 0. The van der Waals surface area contributed by atoms with Crippen molar-refractivity contribution < 1.29 is 9.59 Å². The van der Waals surface area contributed by atoms with Crippen LogP contribution in [0.5, 0.6) is 0 Å². The van der Waals surface area contributed by atoms with Crippen LogP contribution in [0, 0.1) is 0 Å². The van der Waals surface area contributed by atoms with Crippen LogP contribution in [0.3, 0.4) is 0 Å². The first-order chi connectivity index (χ1) is 11.3. The van der Waals surface area contributed by atoms with Gasteiger partial charge in [0.15, 0.2) is 0 Å². The summed E-state index contributed by atoms with van der Waals surface area (Å²) in [7, 11) is 5.84. The first-order valence-corrected chi connectivity index (χ1v) is 9.76. The molecular formula is C18H24Br2N2O2. The van der Waals surface area contributed by atoms with Gasteiger partial charge in [-0.15, -0.1) is 0 Å². The summed E-state index contributed by atoms with van der Waals surface area (Å²) in [5.41, 5.74) is 0.980. The second-order valence-electron chi connectivity index (χ2n) is 6.66. The highest BCUT2D eigenvalue weighted by Crippen LogP contribution is 2.26. The highest BCUT2D eigenvalue weighted by Gasteiger charge is 2.33. The average Bonchev–Trinajstić information content (AvgIpc) is 2.72. The van der Waals surface area contributed by atoms with Crippen LogP contribution in [0.1, 0.15) is 31.2 Å². The Morgan fingerprint density at radius 1 is 1.17 bits per heavy atom. The van der Waals surface area contributed by atoms with E-state index in [2.05, 4.69) is 36.8 Å². The first kappa shape index (κ1) is 19.6. The van der Waals surface area contributed by atoms with Crippen LogP contribution in [-0.2, 0) is 16.0 Å². The van der Waals surface area contributed by atoms with Crippen molar-refractivity contribution in [1.29, 1.82) is 0 Å². The molecule has 1 amide bonds. The van der Waals surface area contributed by atoms with Crippen LogP contribution in [0.4, 0.5) is 0 Å². The van der Waals surface area contributed by atoms with Gasteiger partial charge in [-0.2, -0.15) is 0 Å². The first-order valence-electron chi connectivity index (χ1n) is 8.17. The molecule has 1 saturated carbocycles. The van der Waals surface area contributed by atoms with Gasteiger partial charge < -0.3 is 9.80 Å². The highest BCUT2D eigenvalue weighted by molar-refractivity contribution is 9.13. The summed E-state index contributed by atoms with van der Waals surface area (Å²) in [6, 6.07) is 6.04. The summed E-state index contributed by atoms with van der Waals surface area (Å²) in [6.07, 6.45) is 3.25. The summed E-state index contributed by atoms with van der Waals surface area (Å²) in [4.78, 5) is 28.6. The Morgan fingerprint density at radius 2 is 1.88 bits per heavy atom. The van der Waals surface area contributed by atoms with Crippen LogP contribution in [0.25, 0.3) is 0 Å². The standard InChI is InChI=1S/C18H24Br2N2O2/c1-21(2)17-11-13(23)5-4-6-16(17)22(3)18(24)10-12-7-8-14(19)15(20)9-12/h7-9,16-17H,4-6,10-11H2,1-3H3. The number of rotatable bonds is 4. The van der Waals surface area contributed by atoms with Crippen molar-refractivity contribution in [1.82, 2.24) is 9.80 Å². The van der Waals surface area contributed by atoms with E-state index in [1.807, 2.05) is 44.2 Å². The number of benzene rings is 1. The lowest BCUT2D eigenvalue weighted by Gasteiger charge is -2.37. The minimum Gasteiger partial charge on any atom is -0.341 e. The molecule has 2 atom stereocenters. The third-order valence-electron chi connectivity index (χ3n) is 4.73. The molecule has 0 radical (unpaired) electrons. The predicted octanol–water partition coefficient (Wildman–Crippen LogP) is 3.65. The van der Waals surface area contributed by atoms with Gasteiger partial charge >= 0.3 is 0 Å². The van der Waals surface area contributed by atoms with E-state index in [1.165, 1.54) is 0 Å². The Hall–Kier alpha value is -0.720. The van der Waals surface area contributed by atoms with Crippen molar-refractivity contribution in [3.8, 4) is 0 Å². The molecule has 0 heterocycles. The van der Waals surface area contributed by atoms with Gasteiger partial charge in [0, 0.05) is 40.9 Å². The zero-order chi connectivity index (χ0) is 17.9. The molecule has 1 aliphatic carbocycles. The second kappa shape index (κ2) is 8.59. The smallest absolute Gasteiger partial charge is 0.227 e. The molecule has 1 aliphatic rings. The number of halogens is 2. The molecule has 1 aromatic carbocycles. The van der Waals surface area contributed by atoms with Crippen molar-refractivity contribution in [2.24, 2.45) is 0 Å². The fraction of sp³-hybridized carbons (Fsp3) is 0.556. The lowest BCUT2D eigenvalue weighted by Crippen LogP contribution is -2.50. The maximum Gasteiger partial charge on any atom is 0.227 e. The average molecular weight is 460 g/mol. The normalized spacial score (nSPS) is 21.7. The molecule has 0 saturated heterocycles. The van der Waals surface area contributed by atoms with Crippen molar-refractivity contribution in [3.63, 3.8) is 0 Å². The number of Topliss-reactive ketones (excluding diaryl/α,β-unsaturated/α-hetero) is 1. The summed E-state index contributed by atoms with van der Waals surface area (Å²) in [5.74, 6) is 0.393. The zero-order valence-corrected chi connectivity index (χ0v) is 17.6. The van der Waals surface area contributed by atoms with E-state index < -0.39 is 0 Å². The largest absolute Gasteiger partial charge is 0.341 e. The van der Waals surface area contributed by atoms with E-state index >= 15 is 0 Å². The van der Waals surface area contributed by atoms with Gasteiger partial charge in [0.1, 0.15) is 5.78 Å². The molecule has 24 heavy (non-hydrogen) atoms. The van der Waals surface area contributed by atoms with Crippen LogP contribution in [-0.4, -0.2) is 54.7 Å². The molecule has 0 N–H and O–H groups in total. The van der Waals surface area contributed by atoms with E-state index in [0.717, 1.165) is 27.4 Å². The number of hydrogen-bond acceptors (Lipinski definition) is 3. The van der Waals surface area contributed by atoms with Crippen molar-refractivity contribution in [2.45, 2.75) is 44.2 Å². The minimum absolute atomic E-state index is 0.0813. The minimum atomic E-state index is 0.0813. The zero-order valence-electron chi connectivity index (χ0n) is 14.4. The van der Waals surface area contributed by atoms with Gasteiger partial charge in [-0.25, -0.2) is 0 Å². The number of ketones is 1. The maximum absolute atomic E-state index is 12.8. The predicted molar refractivity (Wildman–Crippen MR) is 103 cm³/mol. The van der Waals surface area contributed by atoms with Gasteiger partial charge in [0.25, 0.3) is 0 Å². The fourth-order valence-corrected chi connectivity index (χ4v) is 3.96. The van der Waals surface area contributed by atoms with E-state index in [-0.39, 0.29) is 18.0 Å². The van der Waals surface area contributed by atoms with Gasteiger partial charge in [-0.05, 0) is 76.5 Å². The Balaban J connectivity index is 2.12. The van der Waals surface area contributed by atoms with E-state index in [1.54, 1.807) is 0 Å². The van der Waals surface area contributed by atoms with Crippen LogP contribution < -0.4 is 0 Å². The fourth-order valence-electron chi connectivity index (χ4n) is 3.28. The third-order valence-corrected chi connectivity index (χ3v) is 6.61. The molecule has 132 valence electrons. The summed E-state index contributed by atoms with van der Waals surface area (Å²) in [5, 5.41) is 0. The van der Waals surface area contributed by atoms with Gasteiger partial charge in [-0.3, -0.25) is 9.59 Å². The molecule has 0 aliphatic heterocycles. The summed E-state index contributed by atoms with van der Waals surface area (Å²) >= 11 is 6.92. The number of carbonyl (C=O) groups is 2. The van der Waals surface area contributed by atoms with Crippen LogP contribution in [0.15, 0.2) is 27.1 Å². The Morgan fingerprint density at radius 3 is 2.50 bits per heavy atom. The summed E-state index contributed by atoms with van der Waals surface area (Å²) in [6.45, 7) is 0. The summed E-state index contributed by atoms with van der Waals surface area (Å²) < 4.78 is 1.92. The van der Waals surface area contributed by atoms with Gasteiger partial charge in [-0.1, -0.05) is 6.07 Å². The molecule has 6 heteroatoms. The van der Waals surface area contributed by atoms with Gasteiger partial charge in [0.2, 0.25) is 5.91 Å². The third kappa shape index (κ3) is 4.90. The molecule has 0 aromatic heterocycles. The monoisotopic (exact) mass is 458 g/mol. The number of likely N-dealkylation sites (N-methyl/N-ethyl adjacent to an activating group) is 2. The molecule has 0 bridgehead atoms. The molecular weight excluding hydrogens is 436 g/mol. The lowest BCUT2D eigenvalue weighted by molar-refractivity contribution is -0.133. The van der Waals surface area contributed by atoms with E-state index in [0.29, 0.717) is 25.0 Å². The molecule has 1 aromatic rings. The molecule has 1 fully saturated rings. The second-order valence-corrected chi connectivity index (χ2v) is 8.37. The Labute approximate surface area is 160 Å². The number of carbonyl (C=O) groups excluding carboxylic acids is 2. The molecule has 0 spiro atoms. The number of amides is 1. The Kier molecular flexibility index (Phi) is 7.01. The molecule has 2 rings (SSSR count). The Bertz CT molecular complexity index is 619. The molecule has 2 unspecified atom stereocenters. The van der Waals surface area contributed by atoms with Crippen molar-refractivity contribution >= 4 is 43.6 Å². The topological polar surface area (TPSA) is 40.6 Å². The quantitative estimate of drug-likeness (QED) is 0.645. The molecule has 4 nitrogen and oxygen atoms in total. The SMILES string of the molecule is CN(C)C1CC(=O)CCCC1N(C)C(=O)Cc1ccc(Br)c(Br)c1. The van der Waals surface area contributed by atoms with Crippen LogP contribution in [0.2, 0.25) is 0 Å². The lowest BCUT2D eigenvalue weighted by atomic mass is 9.99. The van der Waals surface area contributed by atoms with E-state index in [4.69, 9.17) is 0 Å². The maximum atomic E-state index is 12.8.